The fraction of sp³-hybridized carbons (Fsp3) is 0.231. The summed E-state index contributed by atoms with van der Waals surface area (Å²) in [5, 5.41) is 2.63. The van der Waals surface area contributed by atoms with E-state index in [1.165, 1.54) is 16.3 Å². The van der Waals surface area contributed by atoms with E-state index in [2.05, 4.69) is 65.3 Å². The standard InChI is InChI=1S/C13H13Br/c1-2-13(14)12-8-7-10-5-3-4-6-11(10)9-12/h3-9,13H,2H2,1H3. The first-order valence-electron chi connectivity index (χ1n) is 4.94. The van der Waals surface area contributed by atoms with Gasteiger partial charge in [-0.05, 0) is 22.8 Å². The van der Waals surface area contributed by atoms with Gasteiger partial charge in [0.2, 0.25) is 0 Å². The van der Waals surface area contributed by atoms with E-state index in [1.807, 2.05) is 0 Å². The zero-order valence-electron chi connectivity index (χ0n) is 8.20. The summed E-state index contributed by atoms with van der Waals surface area (Å²) in [6.45, 7) is 2.19. The van der Waals surface area contributed by atoms with Crippen LogP contribution in [0, 0.1) is 0 Å². The molecular formula is C13H13Br. The highest BCUT2D eigenvalue weighted by Gasteiger charge is 2.04. The van der Waals surface area contributed by atoms with Crippen molar-refractivity contribution >= 4 is 26.7 Å². The maximum absolute atomic E-state index is 3.67. The Morgan fingerprint density at radius 3 is 2.50 bits per heavy atom. The number of rotatable bonds is 2. The molecule has 2 aromatic carbocycles. The molecule has 2 aromatic rings. The molecule has 0 aliphatic rings. The van der Waals surface area contributed by atoms with Gasteiger partial charge in [-0.1, -0.05) is 65.3 Å². The van der Waals surface area contributed by atoms with E-state index in [9.17, 15) is 0 Å². The molecule has 72 valence electrons. The lowest BCUT2D eigenvalue weighted by Gasteiger charge is -2.08. The highest BCUT2D eigenvalue weighted by atomic mass is 79.9. The van der Waals surface area contributed by atoms with Crippen molar-refractivity contribution < 1.29 is 0 Å². The van der Waals surface area contributed by atoms with E-state index in [-0.39, 0.29) is 0 Å². The first kappa shape index (κ1) is 9.72. The Labute approximate surface area is 93.1 Å². The summed E-state index contributed by atoms with van der Waals surface area (Å²) in [5.41, 5.74) is 1.37. The average Bonchev–Trinajstić information content (AvgIpc) is 2.27. The molecule has 0 aromatic heterocycles. The lowest BCUT2D eigenvalue weighted by molar-refractivity contribution is 0.913. The molecule has 1 unspecified atom stereocenters. The Morgan fingerprint density at radius 2 is 1.79 bits per heavy atom. The van der Waals surface area contributed by atoms with Gasteiger partial charge in [-0.2, -0.15) is 0 Å². The van der Waals surface area contributed by atoms with E-state index in [0.717, 1.165) is 6.42 Å². The molecular weight excluding hydrogens is 236 g/mol. The molecule has 0 N–H and O–H groups in total. The molecule has 0 aliphatic heterocycles. The first-order chi connectivity index (χ1) is 6.81. The molecule has 2 rings (SSSR count). The molecule has 0 aliphatic carbocycles. The maximum atomic E-state index is 3.67. The molecule has 0 spiro atoms. The van der Waals surface area contributed by atoms with Crippen LogP contribution in [-0.2, 0) is 0 Å². The van der Waals surface area contributed by atoms with E-state index >= 15 is 0 Å². The van der Waals surface area contributed by atoms with Crippen LogP contribution in [0.5, 0.6) is 0 Å². The molecule has 0 saturated carbocycles. The maximum Gasteiger partial charge on any atom is 0.0392 e. The van der Waals surface area contributed by atoms with Gasteiger partial charge in [-0.15, -0.1) is 0 Å². The van der Waals surface area contributed by atoms with Crippen molar-refractivity contribution in [3.8, 4) is 0 Å². The smallest absolute Gasteiger partial charge is 0.0392 e. The van der Waals surface area contributed by atoms with Gasteiger partial charge in [-0.3, -0.25) is 0 Å². The summed E-state index contributed by atoms with van der Waals surface area (Å²) >= 11 is 3.67. The second kappa shape index (κ2) is 4.14. The van der Waals surface area contributed by atoms with E-state index < -0.39 is 0 Å². The van der Waals surface area contributed by atoms with Gasteiger partial charge in [0, 0.05) is 4.83 Å². The van der Waals surface area contributed by atoms with Gasteiger partial charge in [0.25, 0.3) is 0 Å². The average molecular weight is 249 g/mol. The second-order valence-electron chi connectivity index (χ2n) is 3.48. The van der Waals surface area contributed by atoms with Crippen molar-refractivity contribution in [2.24, 2.45) is 0 Å². The Hall–Kier alpha value is -0.820. The Kier molecular flexibility index (Phi) is 2.87. The Bertz CT molecular complexity index is 434. The quantitative estimate of drug-likeness (QED) is 0.677. The van der Waals surface area contributed by atoms with Crippen LogP contribution in [-0.4, -0.2) is 0 Å². The lowest BCUT2D eigenvalue weighted by Crippen LogP contribution is -1.86. The Balaban J connectivity index is 2.51. The van der Waals surface area contributed by atoms with Crippen molar-refractivity contribution in [3.63, 3.8) is 0 Å². The number of alkyl halides is 1. The molecule has 0 heterocycles. The minimum atomic E-state index is 0.479. The monoisotopic (exact) mass is 248 g/mol. The number of benzene rings is 2. The normalized spacial score (nSPS) is 13.0. The summed E-state index contributed by atoms with van der Waals surface area (Å²) in [4.78, 5) is 0.479. The first-order valence-corrected chi connectivity index (χ1v) is 5.85. The lowest BCUT2D eigenvalue weighted by atomic mass is 10.0. The van der Waals surface area contributed by atoms with Gasteiger partial charge in [-0.25, -0.2) is 0 Å². The fourth-order valence-electron chi connectivity index (χ4n) is 1.64. The largest absolute Gasteiger partial charge is 0.0839 e. The molecule has 0 bridgehead atoms. The van der Waals surface area contributed by atoms with Crippen molar-refractivity contribution in [2.45, 2.75) is 18.2 Å². The van der Waals surface area contributed by atoms with Gasteiger partial charge in [0.15, 0.2) is 0 Å². The fourth-order valence-corrected chi connectivity index (χ4v) is 1.92. The third kappa shape index (κ3) is 1.83. The van der Waals surface area contributed by atoms with Crippen LogP contribution in [0.4, 0.5) is 0 Å². The van der Waals surface area contributed by atoms with Gasteiger partial charge in [0.1, 0.15) is 0 Å². The third-order valence-corrected chi connectivity index (χ3v) is 3.67. The van der Waals surface area contributed by atoms with E-state index in [4.69, 9.17) is 0 Å². The minimum absolute atomic E-state index is 0.479. The van der Waals surface area contributed by atoms with Crippen molar-refractivity contribution in [3.05, 3.63) is 48.0 Å². The molecule has 1 atom stereocenters. The highest BCUT2D eigenvalue weighted by molar-refractivity contribution is 9.09. The summed E-state index contributed by atoms with van der Waals surface area (Å²) in [6.07, 6.45) is 1.12. The van der Waals surface area contributed by atoms with Crippen LogP contribution in [0.1, 0.15) is 23.7 Å². The zero-order chi connectivity index (χ0) is 9.97. The minimum Gasteiger partial charge on any atom is -0.0839 e. The zero-order valence-corrected chi connectivity index (χ0v) is 9.79. The van der Waals surface area contributed by atoms with Crippen LogP contribution in [0.3, 0.4) is 0 Å². The molecule has 0 fully saturated rings. The number of hydrogen-bond donors (Lipinski definition) is 0. The topological polar surface area (TPSA) is 0 Å². The highest BCUT2D eigenvalue weighted by Crippen LogP contribution is 2.28. The molecule has 0 amide bonds. The predicted molar refractivity (Wildman–Crippen MR) is 65.9 cm³/mol. The van der Waals surface area contributed by atoms with Crippen LogP contribution in [0.15, 0.2) is 42.5 Å². The van der Waals surface area contributed by atoms with E-state index in [0.29, 0.717) is 4.83 Å². The molecule has 1 heteroatoms. The summed E-state index contributed by atoms with van der Waals surface area (Å²) in [6, 6.07) is 15.1. The van der Waals surface area contributed by atoms with Crippen LogP contribution in [0.2, 0.25) is 0 Å². The van der Waals surface area contributed by atoms with Crippen LogP contribution in [0.25, 0.3) is 10.8 Å². The van der Waals surface area contributed by atoms with Crippen molar-refractivity contribution in [2.75, 3.05) is 0 Å². The van der Waals surface area contributed by atoms with Crippen LogP contribution < -0.4 is 0 Å². The summed E-state index contributed by atoms with van der Waals surface area (Å²) < 4.78 is 0. The molecule has 0 nitrogen and oxygen atoms in total. The number of fused-ring (bicyclic) bond motifs is 1. The van der Waals surface area contributed by atoms with Crippen molar-refractivity contribution in [1.82, 2.24) is 0 Å². The summed E-state index contributed by atoms with van der Waals surface area (Å²) in [7, 11) is 0. The number of halogens is 1. The number of hydrogen-bond acceptors (Lipinski definition) is 0. The van der Waals surface area contributed by atoms with Crippen molar-refractivity contribution in [1.29, 1.82) is 0 Å². The van der Waals surface area contributed by atoms with Gasteiger partial charge in [0.05, 0.1) is 0 Å². The summed E-state index contributed by atoms with van der Waals surface area (Å²) in [5.74, 6) is 0. The second-order valence-corrected chi connectivity index (χ2v) is 4.59. The molecule has 14 heavy (non-hydrogen) atoms. The molecule has 0 radical (unpaired) electrons. The van der Waals surface area contributed by atoms with E-state index in [1.54, 1.807) is 0 Å². The van der Waals surface area contributed by atoms with Gasteiger partial charge < -0.3 is 0 Å². The van der Waals surface area contributed by atoms with Gasteiger partial charge >= 0.3 is 0 Å². The third-order valence-electron chi connectivity index (χ3n) is 2.49. The SMILES string of the molecule is CCC(Br)c1ccc2ccccc2c1. The van der Waals surface area contributed by atoms with Crippen LogP contribution >= 0.6 is 15.9 Å². The molecule has 0 saturated heterocycles. The predicted octanol–water partition coefficient (Wildman–Crippen LogP) is 4.69. The Morgan fingerprint density at radius 1 is 1.07 bits per heavy atom.